The third-order valence-electron chi connectivity index (χ3n) is 6.16. The van der Waals surface area contributed by atoms with Gasteiger partial charge in [-0.05, 0) is 57.2 Å². The summed E-state index contributed by atoms with van der Waals surface area (Å²) in [7, 11) is 1.87. The minimum absolute atomic E-state index is 0. The predicted molar refractivity (Wildman–Crippen MR) is 132 cm³/mol. The number of halogens is 1. The van der Waals surface area contributed by atoms with E-state index in [1.807, 2.05) is 7.05 Å². The summed E-state index contributed by atoms with van der Waals surface area (Å²) in [5, 5.41) is 3.53. The number of ether oxygens (including phenoxy) is 1. The molecule has 0 aliphatic carbocycles. The number of piperidine rings is 2. The first-order valence-corrected chi connectivity index (χ1v) is 11.1. The first-order valence-electron chi connectivity index (χ1n) is 11.1. The minimum Gasteiger partial charge on any atom is -0.378 e. The van der Waals surface area contributed by atoms with Gasteiger partial charge in [0.25, 0.3) is 0 Å². The molecular weight excluding hydrogens is 475 g/mol. The van der Waals surface area contributed by atoms with Crippen LogP contribution in [0.4, 0.5) is 0 Å². The van der Waals surface area contributed by atoms with Crippen molar-refractivity contribution in [2.24, 2.45) is 4.99 Å². The fraction of sp³-hybridized carbons (Fsp3) is 0.696. The average Bonchev–Trinajstić information content (AvgIpc) is 2.73. The molecule has 0 amide bonds. The maximum Gasteiger partial charge on any atom is 0.193 e. The van der Waals surface area contributed by atoms with E-state index in [2.05, 4.69) is 58.2 Å². The maximum atomic E-state index is 5.76. The Labute approximate surface area is 194 Å². The van der Waals surface area contributed by atoms with Gasteiger partial charge in [0.15, 0.2) is 5.96 Å². The highest BCUT2D eigenvalue weighted by atomic mass is 127. The summed E-state index contributed by atoms with van der Waals surface area (Å²) in [6, 6.07) is 9.80. The summed E-state index contributed by atoms with van der Waals surface area (Å²) < 4.78 is 5.76. The SMILES string of the molecule is CCOC1CCN(C(=NC)NCc2ccc(CN3CCCCC3C)cc2)CC1.I. The number of hydrogen-bond donors (Lipinski definition) is 1. The van der Waals surface area contributed by atoms with Gasteiger partial charge in [-0.15, -0.1) is 24.0 Å². The molecule has 1 aromatic rings. The van der Waals surface area contributed by atoms with E-state index < -0.39 is 0 Å². The van der Waals surface area contributed by atoms with Crippen LogP contribution in [0.25, 0.3) is 0 Å². The van der Waals surface area contributed by atoms with Gasteiger partial charge in [-0.1, -0.05) is 30.7 Å². The first kappa shape index (κ1) is 24.4. The molecule has 6 heteroatoms. The molecule has 2 aliphatic rings. The Balaban J connectivity index is 0.00000300. The summed E-state index contributed by atoms with van der Waals surface area (Å²) in [5.41, 5.74) is 2.72. The van der Waals surface area contributed by atoms with Crippen LogP contribution < -0.4 is 5.32 Å². The zero-order valence-electron chi connectivity index (χ0n) is 18.4. The van der Waals surface area contributed by atoms with Gasteiger partial charge in [-0.3, -0.25) is 9.89 Å². The van der Waals surface area contributed by atoms with Crippen molar-refractivity contribution in [2.75, 3.05) is 33.3 Å². The molecule has 1 aromatic carbocycles. The lowest BCUT2D eigenvalue weighted by atomic mass is 10.0. The average molecular weight is 514 g/mol. The molecule has 1 atom stereocenters. The fourth-order valence-electron chi connectivity index (χ4n) is 4.37. The number of likely N-dealkylation sites (tertiary alicyclic amines) is 2. The molecule has 2 heterocycles. The molecule has 2 fully saturated rings. The molecule has 29 heavy (non-hydrogen) atoms. The highest BCUT2D eigenvalue weighted by molar-refractivity contribution is 14.0. The zero-order chi connectivity index (χ0) is 19.8. The maximum absolute atomic E-state index is 5.76. The Morgan fingerprint density at radius 3 is 2.38 bits per heavy atom. The van der Waals surface area contributed by atoms with Gasteiger partial charge in [-0.25, -0.2) is 0 Å². The summed E-state index contributed by atoms with van der Waals surface area (Å²) in [6.07, 6.45) is 6.63. The molecule has 0 saturated carbocycles. The van der Waals surface area contributed by atoms with Crippen molar-refractivity contribution in [1.82, 2.24) is 15.1 Å². The zero-order valence-corrected chi connectivity index (χ0v) is 20.7. The smallest absolute Gasteiger partial charge is 0.193 e. The van der Waals surface area contributed by atoms with Crippen molar-refractivity contribution in [2.45, 2.75) is 71.2 Å². The molecule has 1 unspecified atom stereocenters. The van der Waals surface area contributed by atoms with Gasteiger partial charge in [0.2, 0.25) is 0 Å². The molecule has 5 nitrogen and oxygen atoms in total. The van der Waals surface area contributed by atoms with Crippen LogP contribution in [0.2, 0.25) is 0 Å². The van der Waals surface area contributed by atoms with Crippen LogP contribution in [-0.4, -0.2) is 61.2 Å². The van der Waals surface area contributed by atoms with Crippen molar-refractivity contribution >= 4 is 29.9 Å². The number of nitrogens with zero attached hydrogens (tertiary/aromatic N) is 3. The highest BCUT2D eigenvalue weighted by Crippen LogP contribution is 2.19. The van der Waals surface area contributed by atoms with Crippen molar-refractivity contribution in [3.63, 3.8) is 0 Å². The number of guanidine groups is 1. The lowest BCUT2D eigenvalue weighted by molar-refractivity contribution is 0.0263. The summed E-state index contributed by atoms with van der Waals surface area (Å²) in [4.78, 5) is 9.45. The van der Waals surface area contributed by atoms with Crippen LogP contribution >= 0.6 is 24.0 Å². The molecule has 0 aromatic heterocycles. The first-order chi connectivity index (χ1) is 13.7. The van der Waals surface area contributed by atoms with Crippen LogP contribution in [0, 0.1) is 0 Å². The van der Waals surface area contributed by atoms with E-state index in [-0.39, 0.29) is 24.0 Å². The van der Waals surface area contributed by atoms with Crippen LogP contribution in [0.5, 0.6) is 0 Å². The van der Waals surface area contributed by atoms with Gasteiger partial charge in [0.05, 0.1) is 6.10 Å². The summed E-state index contributed by atoms with van der Waals surface area (Å²) >= 11 is 0. The number of hydrogen-bond acceptors (Lipinski definition) is 3. The van der Waals surface area contributed by atoms with Gasteiger partial charge >= 0.3 is 0 Å². The summed E-state index contributed by atoms with van der Waals surface area (Å²) in [6.45, 7) is 10.4. The Morgan fingerprint density at radius 1 is 1.07 bits per heavy atom. The van der Waals surface area contributed by atoms with E-state index in [4.69, 9.17) is 4.74 Å². The monoisotopic (exact) mass is 514 g/mol. The molecular formula is C23H39IN4O. The van der Waals surface area contributed by atoms with Gasteiger partial charge in [0.1, 0.15) is 0 Å². The molecule has 1 N–H and O–H groups in total. The lowest BCUT2D eigenvalue weighted by Gasteiger charge is -2.34. The number of aliphatic imine (C=N–C) groups is 1. The van der Waals surface area contributed by atoms with Crippen LogP contribution in [0.1, 0.15) is 57.1 Å². The topological polar surface area (TPSA) is 40.1 Å². The van der Waals surface area contributed by atoms with E-state index in [1.165, 1.54) is 36.9 Å². The summed E-state index contributed by atoms with van der Waals surface area (Å²) in [5.74, 6) is 1.00. The van der Waals surface area contributed by atoms with Crippen LogP contribution in [0.3, 0.4) is 0 Å². The quantitative estimate of drug-likeness (QED) is 0.350. The van der Waals surface area contributed by atoms with E-state index in [1.54, 1.807) is 0 Å². The molecule has 0 spiro atoms. The molecule has 2 aliphatic heterocycles. The second kappa shape index (κ2) is 12.7. The Morgan fingerprint density at radius 2 is 1.76 bits per heavy atom. The molecule has 3 rings (SSSR count). The largest absolute Gasteiger partial charge is 0.378 e. The molecule has 2 saturated heterocycles. The van der Waals surface area contributed by atoms with Crippen LogP contribution in [0.15, 0.2) is 29.3 Å². The van der Waals surface area contributed by atoms with Crippen molar-refractivity contribution in [3.05, 3.63) is 35.4 Å². The third kappa shape index (κ3) is 7.40. The van der Waals surface area contributed by atoms with Gasteiger partial charge in [0, 0.05) is 45.9 Å². The predicted octanol–water partition coefficient (Wildman–Crippen LogP) is 4.26. The highest BCUT2D eigenvalue weighted by Gasteiger charge is 2.21. The van der Waals surface area contributed by atoms with Crippen molar-refractivity contribution in [3.8, 4) is 0 Å². The minimum atomic E-state index is 0. The Hall–Kier alpha value is -0.860. The van der Waals surface area contributed by atoms with E-state index in [0.717, 1.165) is 51.6 Å². The van der Waals surface area contributed by atoms with E-state index in [9.17, 15) is 0 Å². The second-order valence-electron chi connectivity index (χ2n) is 8.17. The van der Waals surface area contributed by atoms with Gasteiger partial charge < -0.3 is 15.0 Å². The molecule has 0 radical (unpaired) electrons. The molecule has 164 valence electrons. The Bertz CT molecular complexity index is 614. The van der Waals surface area contributed by atoms with E-state index >= 15 is 0 Å². The standard InChI is InChI=1S/C23H38N4O.HI/c1-4-28-22-12-15-26(16-13-22)23(24-3)25-17-20-8-10-21(11-9-20)18-27-14-6-5-7-19(27)2;/h8-11,19,22H,4-7,12-18H2,1-3H3,(H,24,25);1H. The van der Waals surface area contributed by atoms with Gasteiger partial charge in [-0.2, -0.15) is 0 Å². The lowest BCUT2D eigenvalue weighted by Crippen LogP contribution is -2.46. The Kier molecular flexibility index (Phi) is 10.7. The fourth-order valence-corrected chi connectivity index (χ4v) is 4.37. The second-order valence-corrected chi connectivity index (χ2v) is 8.17. The number of rotatable bonds is 6. The third-order valence-corrected chi connectivity index (χ3v) is 6.16. The molecule has 0 bridgehead atoms. The number of nitrogens with one attached hydrogen (secondary N) is 1. The van der Waals surface area contributed by atoms with Crippen molar-refractivity contribution in [1.29, 1.82) is 0 Å². The van der Waals surface area contributed by atoms with E-state index in [0.29, 0.717) is 12.1 Å². The normalized spacial score (nSPS) is 21.7. The van der Waals surface area contributed by atoms with Crippen molar-refractivity contribution < 1.29 is 4.74 Å². The van der Waals surface area contributed by atoms with Crippen LogP contribution in [-0.2, 0) is 17.8 Å². The number of benzene rings is 1.